The summed E-state index contributed by atoms with van der Waals surface area (Å²) >= 11 is 0. The molecule has 2 N–H and O–H groups in total. The van der Waals surface area contributed by atoms with E-state index in [0.717, 1.165) is 25.8 Å². The summed E-state index contributed by atoms with van der Waals surface area (Å²) < 4.78 is 0. The molecular formula is C13H26N2O. The van der Waals surface area contributed by atoms with Gasteiger partial charge in [0, 0.05) is 20.0 Å². The number of hydrogen-bond donors (Lipinski definition) is 1. The molecule has 1 aliphatic carbocycles. The van der Waals surface area contributed by atoms with E-state index in [1.807, 2.05) is 11.9 Å². The van der Waals surface area contributed by atoms with E-state index in [4.69, 9.17) is 5.73 Å². The van der Waals surface area contributed by atoms with E-state index < -0.39 is 0 Å². The summed E-state index contributed by atoms with van der Waals surface area (Å²) in [5, 5.41) is 0. The third kappa shape index (κ3) is 3.21. The van der Waals surface area contributed by atoms with Crippen LogP contribution in [0.3, 0.4) is 0 Å². The van der Waals surface area contributed by atoms with Crippen LogP contribution in [-0.2, 0) is 4.79 Å². The Morgan fingerprint density at radius 2 is 2.12 bits per heavy atom. The first kappa shape index (κ1) is 13.5. The predicted octanol–water partition coefficient (Wildman–Crippen LogP) is 2.01. The van der Waals surface area contributed by atoms with Crippen LogP contribution in [0.5, 0.6) is 0 Å². The lowest BCUT2D eigenvalue weighted by atomic mass is 9.66. The molecule has 1 rings (SSSR count). The minimum atomic E-state index is 0.140. The van der Waals surface area contributed by atoms with Crippen molar-refractivity contribution in [2.45, 2.75) is 46.0 Å². The highest BCUT2D eigenvalue weighted by Gasteiger charge is 2.38. The lowest BCUT2D eigenvalue weighted by molar-refractivity contribution is -0.134. The van der Waals surface area contributed by atoms with Gasteiger partial charge in [-0.05, 0) is 30.7 Å². The maximum absolute atomic E-state index is 12.0. The van der Waals surface area contributed by atoms with Crippen molar-refractivity contribution in [3.05, 3.63) is 0 Å². The zero-order valence-corrected chi connectivity index (χ0v) is 11.0. The van der Waals surface area contributed by atoms with Crippen molar-refractivity contribution < 1.29 is 4.79 Å². The summed E-state index contributed by atoms with van der Waals surface area (Å²) in [7, 11) is 1.91. The molecule has 1 atom stereocenters. The summed E-state index contributed by atoms with van der Waals surface area (Å²) in [6, 6.07) is 0. The van der Waals surface area contributed by atoms with Crippen LogP contribution in [0.15, 0.2) is 0 Å². The molecule has 1 amide bonds. The van der Waals surface area contributed by atoms with Gasteiger partial charge in [-0.2, -0.15) is 0 Å². The van der Waals surface area contributed by atoms with Gasteiger partial charge >= 0.3 is 0 Å². The Labute approximate surface area is 99.4 Å². The molecule has 0 heterocycles. The first-order valence-corrected chi connectivity index (χ1v) is 6.47. The molecule has 0 bridgehead atoms. The number of amides is 1. The maximum Gasteiger partial charge on any atom is 0.222 e. The summed E-state index contributed by atoms with van der Waals surface area (Å²) in [5.74, 6) is 0.856. The Morgan fingerprint density at radius 3 is 2.50 bits per heavy atom. The summed E-state index contributed by atoms with van der Waals surface area (Å²) in [5.41, 5.74) is 5.91. The largest absolute Gasteiger partial charge is 0.345 e. The molecule has 0 saturated heterocycles. The molecule has 0 aromatic heterocycles. The number of carbonyl (C=O) groups is 1. The van der Waals surface area contributed by atoms with Crippen LogP contribution in [0.2, 0.25) is 0 Å². The number of nitrogens with zero attached hydrogens (tertiary/aromatic N) is 1. The molecule has 1 fully saturated rings. The van der Waals surface area contributed by atoms with Crippen LogP contribution in [-0.4, -0.2) is 30.9 Å². The van der Waals surface area contributed by atoms with Gasteiger partial charge in [0.05, 0.1) is 0 Å². The number of carbonyl (C=O) groups excluding carboxylic acids is 1. The van der Waals surface area contributed by atoms with Gasteiger partial charge in [0.15, 0.2) is 0 Å². The molecule has 0 aromatic carbocycles. The van der Waals surface area contributed by atoms with Crippen LogP contribution in [0.1, 0.15) is 46.0 Å². The van der Waals surface area contributed by atoms with Crippen molar-refractivity contribution >= 4 is 5.91 Å². The molecule has 0 aromatic rings. The monoisotopic (exact) mass is 226 g/mol. The molecule has 94 valence electrons. The fourth-order valence-corrected chi connectivity index (χ4v) is 2.28. The van der Waals surface area contributed by atoms with E-state index in [1.54, 1.807) is 0 Å². The summed E-state index contributed by atoms with van der Waals surface area (Å²) in [6.07, 6.45) is 5.27. The lowest BCUT2D eigenvalue weighted by Crippen LogP contribution is -2.43. The normalized spacial score (nSPS) is 20.0. The molecule has 3 nitrogen and oxygen atoms in total. The first-order valence-electron chi connectivity index (χ1n) is 6.47. The van der Waals surface area contributed by atoms with Gasteiger partial charge in [0.1, 0.15) is 0 Å². The van der Waals surface area contributed by atoms with Crippen molar-refractivity contribution in [1.82, 2.24) is 4.90 Å². The van der Waals surface area contributed by atoms with E-state index in [1.165, 1.54) is 6.42 Å². The molecule has 1 unspecified atom stereocenters. The fourth-order valence-electron chi connectivity index (χ4n) is 2.28. The Kier molecular flexibility index (Phi) is 4.78. The zero-order chi connectivity index (χ0) is 12.2. The van der Waals surface area contributed by atoms with E-state index in [0.29, 0.717) is 18.9 Å². The van der Waals surface area contributed by atoms with E-state index >= 15 is 0 Å². The minimum absolute atomic E-state index is 0.140. The first-order chi connectivity index (χ1) is 7.53. The van der Waals surface area contributed by atoms with E-state index in [-0.39, 0.29) is 11.3 Å². The molecule has 16 heavy (non-hydrogen) atoms. The number of rotatable bonds is 6. The summed E-state index contributed by atoms with van der Waals surface area (Å²) in [4.78, 5) is 13.9. The van der Waals surface area contributed by atoms with Crippen molar-refractivity contribution in [3.63, 3.8) is 0 Å². The minimum Gasteiger partial charge on any atom is -0.345 e. The topological polar surface area (TPSA) is 46.3 Å². The van der Waals surface area contributed by atoms with Crippen molar-refractivity contribution in [3.8, 4) is 0 Å². The van der Waals surface area contributed by atoms with Crippen molar-refractivity contribution in [2.24, 2.45) is 17.1 Å². The zero-order valence-electron chi connectivity index (χ0n) is 11.0. The molecule has 0 spiro atoms. The second-order valence-electron chi connectivity index (χ2n) is 5.52. The average molecular weight is 226 g/mol. The van der Waals surface area contributed by atoms with Gasteiger partial charge < -0.3 is 10.6 Å². The third-order valence-electron chi connectivity index (χ3n) is 4.08. The molecule has 1 aliphatic rings. The van der Waals surface area contributed by atoms with Crippen LogP contribution >= 0.6 is 0 Å². The smallest absolute Gasteiger partial charge is 0.222 e. The van der Waals surface area contributed by atoms with Crippen LogP contribution in [0.4, 0.5) is 0 Å². The summed E-state index contributed by atoms with van der Waals surface area (Å²) in [6.45, 7) is 5.88. The van der Waals surface area contributed by atoms with Crippen molar-refractivity contribution in [2.75, 3.05) is 20.1 Å². The van der Waals surface area contributed by atoms with Gasteiger partial charge in [-0.15, -0.1) is 0 Å². The van der Waals surface area contributed by atoms with E-state index in [2.05, 4.69) is 13.8 Å². The Balaban J connectivity index is 2.39. The van der Waals surface area contributed by atoms with Gasteiger partial charge in [0.2, 0.25) is 5.91 Å². The highest BCUT2D eigenvalue weighted by Crippen LogP contribution is 2.43. The number of hydrogen-bond acceptors (Lipinski definition) is 2. The second-order valence-corrected chi connectivity index (χ2v) is 5.52. The van der Waals surface area contributed by atoms with Gasteiger partial charge in [0.25, 0.3) is 0 Å². The molecule has 0 radical (unpaired) electrons. The van der Waals surface area contributed by atoms with Gasteiger partial charge in [-0.1, -0.05) is 26.7 Å². The van der Waals surface area contributed by atoms with E-state index in [9.17, 15) is 4.79 Å². The quantitative estimate of drug-likeness (QED) is 0.753. The Morgan fingerprint density at radius 1 is 1.50 bits per heavy atom. The number of nitrogens with two attached hydrogens (primary N) is 1. The third-order valence-corrected chi connectivity index (χ3v) is 4.08. The lowest BCUT2D eigenvalue weighted by Gasteiger charge is -2.41. The Hall–Kier alpha value is -0.570. The molecule has 1 saturated carbocycles. The van der Waals surface area contributed by atoms with Crippen LogP contribution < -0.4 is 5.73 Å². The fraction of sp³-hybridized carbons (Fsp3) is 0.923. The Bertz CT molecular complexity index is 231. The highest BCUT2D eigenvalue weighted by atomic mass is 16.2. The standard InChI is InChI=1S/C13H26N2O/c1-4-11(2)9-15(3)12(16)8-13(10-14)6-5-7-13/h11H,4-10,14H2,1-3H3. The highest BCUT2D eigenvalue weighted by molar-refractivity contribution is 5.76. The van der Waals surface area contributed by atoms with Gasteiger partial charge in [-0.3, -0.25) is 4.79 Å². The maximum atomic E-state index is 12.0. The van der Waals surface area contributed by atoms with Gasteiger partial charge in [-0.25, -0.2) is 0 Å². The van der Waals surface area contributed by atoms with Crippen molar-refractivity contribution in [1.29, 1.82) is 0 Å². The molecule has 0 aliphatic heterocycles. The SMILES string of the molecule is CCC(C)CN(C)C(=O)CC1(CN)CCC1. The molecular weight excluding hydrogens is 200 g/mol. The van der Waals surface area contributed by atoms with Crippen LogP contribution in [0.25, 0.3) is 0 Å². The predicted molar refractivity (Wildman–Crippen MR) is 67.0 cm³/mol. The van der Waals surface area contributed by atoms with Crippen LogP contribution in [0, 0.1) is 11.3 Å². The molecule has 3 heteroatoms. The average Bonchev–Trinajstić information content (AvgIpc) is 2.22. The second kappa shape index (κ2) is 5.67.